The number of para-hydroxylation sites is 1. The van der Waals surface area contributed by atoms with Crippen LogP contribution in [0, 0.1) is 0 Å². The van der Waals surface area contributed by atoms with Crippen LogP contribution < -0.4 is 14.8 Å². The third kappa shape index (κ3) is 4.38. The molecule has 2 rings (SSSR count). The summed E-state index contributed by atoms with van der Waals surface area (Å²) in [4.78, 5) is 11.9. The molecule has 0 unspecified atom stereocenters. The van der Waals surface area contributed by atoms with Crippen molar-refractivity contribution < 1.29 is 14.3 Å². The van der Waals surface area contributed by atoms with Crippen LogP contribution in [0.2, 0.25) is 0 Å². The average molecular weight is 297 g/mol. The molecule has 0 saturated carbocycles. The molecule has 4 heteroatoms. The first-order chi connectivity index (χ1) is 10.7. The lowest BCUT2D eigenvalue weighted by Crippen LogP contribution is -2.07. The second-order valence-corrected chi connectivity index (χ2v) is 4.53. The van der Waals surface area contributed by atoms with Gasteiger partial charge in [0.15, 0.2) is 11.5 Å². The molecule has 0 saturated heterocycles. The van der Waals surface area contributed by atoms with Crippen LogP contribution in [0.5, 0.6) is 11.5 Å². The van der Waals surface area contributed by atoms with E-state index in [1.807, 2.05) is 55.5 Å². The number of hydrogen-bond donors (Lipinski definition) is 1. The topological polar surface area (TPSA) is 47.6 Å². The minimum Gasteiger partial charge on any atom is -0.493 e. The van der Waals surface area contributed by atoms with E-state index in [4.69, 9.17) is 9.47 Å². The van der Waals surface area contributed by atoms with E-state index in [2.05, 4.69) is 5.32 Å². The van der Waals surface area contributed by atoms with Gasteiger partial charge in [-0.2, -0.15) is 0 Å². The Morgan fingerprint density at radius 2 is 1.91 bits per heavy atom. The Morgan fingerprint density at radius 3 is 2.59 bits per heavy atom. The number of ether oxygens (including phenoxy) is 2. The molecule has 1 amide bonds. The van der Waals surface area contributed by atoms with Crippen molar-refractivity contribution in [3.05, 3.63) is 60.2 Å². The van der Waals surface area contributed by atoms with Crippen molar-refractivity contribution in [2.75, 3.05) is 19.0 Å². The summed E-state index contributed by atoms with van der Waals surface area (Å²) in [5, 5.41) is 2.79. The van der Waals surface area contributed by atoms with Crippen molar-refractivity contribution in [1.82, 2.24) is 0 Å². The minimum atomic E-state index is -0.181. The first-order valence-corrected chi connectivity index (χ1v) is 7.08. The molecule has 0 radical (unpaired) electrons. The number of carbonyl (C=O) groups excluding carboxylic acids is 1. The maximum atomic E-state index is 11.9. The zero-order chi connectivity index (χ0) is 15.8. The number of amides is 1. The highest BCUT2D eigenvalue weighted by atomic mass is 16.5. The van der Waals surface area contributed by atoms with Gasteiger partial charge in [0, 0.05) is 11.8 Å². The van der Waals surface area contributed by atoms with E-state index in [0.29, 0.717) is 18.1 Å². The maximum Gasteiger partial charge on any atom is 0.248 e. The smallest absolute Gasteiger partial charge is 0.248 e. The van der Waals surface area contributed by atoms with Crippen LogP contribution in [-0.2, 0) is 4.79 Å². The summed E-state index contributed by atoms with van der Waals surface area (Å²) >= 11 is 0. The van der Waals surface area contributed by atoms with Crippen molar-refractivity contribution in [3.63, 3.8) is 0 Å². The molecular weight excluding hydrogens is 278 g/mol. The molecule has 0 aliphatic rings. The summed E-state index contributed by atoms with van der Waals surface area (Å²) in [6.45, 7) is 2.49. The highest BCUT2D eigenvalue weighted by molar-refractivity contribution is 6.01. The van der Waals surface area contributed by atoms with Crippen LogP contribution in [0.15, 0.2) is 54.6 Å². The number of nitrogens with one attached hydrogen (secondary N) is 1. The highest BCUT2D eigenvalue weighted by Crippen LogP contribution is 2.28. The maximum absolute atomic E-state index is 11.9. The first-order valence-electron chi connectivity index (χ1n) is 7.08. The molecule has 0 spiro atoms. The van der Waals surface area contributed by atoms with Crippen molar-refractivity contribution in [2.24, 2.45) is 0 Å². The van der Waals surface area contributed by atoms with Crippen LogP contribution in [-0.4, -0.2) is 19.6 Å². The van der Waals surface area contributed by atoms with Gasteiger partial charge in [-0.1, -0.05) is 24.3 Å². The van der Waals surface area contributed by atoms with E-state index in [-0.39, 0.29) is 5.91 Å². The molecule has 2 aromatic rings. The SMILES string of the molecule is CCOc1ccc(/C=C/C(=O)Nc2ccccc2)cc1OC. The minimum absolute atomic E-state index is 0.181. The molecular formula is C18H19NO3. The molecule has 0 bridgehead atoms. The molecule has 0 aliphatic carbocycles. The predicted molar refractivity (Wildman–Crippen MR) is 88.3 cm³/mol. The lowest BCUT2D eigenvalue weighted by Gasteiger charge is -2.09. The third-order valence-corrected chi connectivity index (χ3v) is 2.96. The molecule has 0 aliphatic heterocycles. The quantitative estimate of drug-likeness (QED) is 0.826. The van der Waals surface area contributed by atoms with E-state index in [9.17, 15) is 4.79 Å². The van der Waals surface area contributed by atoms with Crippen LogP contribution in [0.25, 0.3) is 6.08 Å². The summed E-state index contributed by atoms with van der Waals surface area (Å²) in [6, 6.07) is 14.9. The molecule has 0 heterocycles. The van der Waals surface area contributed by atoms with Crippen LogP contribution >= 0.6 is 0 Å². The van der Waals surface area contributed by atoms with Gasteiger partial charge in [0.25, 0.3) is 0 Å². The molecule has 114 valence electrons. The van der Waals surface area contributed by atoms with E-state index in [1.54, 1.807) is 13.2 Å². The van der Waals surface area contributed by atoms with Gasteiger partial charge in [-0.15, -0.1) is 0 Å². The summed E-state index contributed by atoms with van der Waals surface area (Å²) in [6.07, 6.45) is 3.22. The molecule has 1 N–H and O–H groups in total. The molecule has 0 atom stereocenters. The van der Waals surface area contributed by atoms with E-state index >= 15 is 0 Å². The van der Waals surface area contributed by atoms with Crippen molar-refractivity contribution in [3.8, 4) is 11.5 Å². The first kappa shape index (κ1) is 15.6. The molecule has 22 heavy (non-hydrogen) atoms. The van der Waals surface area contributed by atoms with E-state index in [1.165, 1.54) is 6.08 Å². The predicted octanol–water partition coefficient (Wildman–Crippen LogP) is 3.75. The van der Waals surface area contributed by atoms with Crippen molar-refractivity contribution in [2.45, 2.75) is 6.92 Å². The fourth-order valence-electron chi connectivity index (χ4n) is 1.94. The van der Waals surface area contributed by atoms with Gasteiger partial charge >= 0.3 is 0 Å². The monoisotopic (exact) mass is 297 g/mol. The van der Waals surface area contributed by atoms with Gasteiger partial charge in [-0.25, -0.2) is 0 Å². The normalized spacial score (nSPS) is 10.5. The average Bonchev–Trinajstić information content (AvgIpc) is 2.55. The van der Waals surface area contributed by atoms with Gasteiger partial charge in [0.2, 0.25) is 5.91 Å². The van der Waals surface area contributed by atoms with Gasteiger partial charge in [0.1, 0.15) is 0 Å². The lowest BCUT2D eigenvalue weighted by atomic mass is 10.2. The van der Waals surface area contributed by atoms with Crippen molar-refractivity contribution >= 4 is 17.7 Å². The van der Waals surface area contributed by atoms with Gasteiger partial charge in [0.05, 0.1) is 13.7 Å². The van der Waals surface area contributed by atoms with Crippen LogP contribution in [0.3, 0.4) is 0 Å². The Labute approximate surface area is 130 Å². The third-order valence-electron chi connectivity index (χ3n) is 2.96. The van der Waals surface area contributed by atoms with E-state index in [0.717, 1.165) is 11.3 Å². The number of hydrogen-bond acceptors (Lipinski definition) is 3. The van der Waals surface area contributed by atoms with Gasteiger partial charge in [-0.3, -0.25) is 4.79 Å². The number of anilines is 1. The fraction of sp³-hybridized carbons (Fsp3) is 0.167. The molecule has 0 aromatic heterocycles. The zero-order valence-corrected chi connectivity index (χ0v) is 12.7. The number of methoxy groups -OCH3 is 1. The Kier molecular flexibility index (Phi) is 5.60. The number of rotatable bonds is 6. The van der Waals surface area contributed by atoms with Crippen LogP contribution in [0.4, 0.5) is 5.69 Å². The lowest BCUT2D eigenvalue weighted by molar-refractivity contribution is -0.111. The number of carbonyl (C=O) groups is 1. The molecule has 4 nitrogen and oxygen atoms in total. The van der Waals surface area contributed by atoms with E-state index < -0.39 is 0 Å². The standard InChI is InChI=1S/C18H19NO3/c1-3-22-16-11-9-14(13-17(16)21-2)10-12-18(20)19-15-7-5-4-6-8-15/h4-13H,3H2,1-2H3,(H,19,20)/b12-10+. The summed E-state index contributed by atoms with van der Waals surface area (Å²) in [7, 11) is 1.59. The Morgan fingerprint density at radius 1 is 1.14 bits per heavy atom. The fourth-order valence-corrected chi connectivity index (χ4v) is 1.94. The zero-order valence-electron chi connectivity index (χ0n) is 12.7. The largest absolute Gasteiger partial charge is 0.493 e. The molecule has 0 fully saturated rings. The summed E-state index contributed by atoms with van der Waals surface area (Å²) < 4.78 is 10.7. The van der Waals surface area contributed by atoms with Gasteiger partial charge < -0.3 is 14.8 Å². The second kappa shape index (κ2) is 7.88. The second-order valence-electron chi connectivity index (χ2n) is 4.53. The van der Waals surface area contributed by atoms with Crippen LogP contribution in [0.1, 0.15) is 12.5 Å². The van der Waals surface area contributed by atoms with Gasteiger partial charge in [-0.05, 0) is 42.8 Å². The molecule has 2 aromatic carbocycles. The highest BCUT2D eigenvalue weighted by Gasteiger charge is 2.04. The number of benzene rings is 2. The summed E-state index contributed by atoms with van der Waals surface area (Å²) in [5.74, 6) is 1.16. The van der Waals surface area contributed by atoms with Crippen molar-refractivity contribution in [1.29, 1.82) is 0 Å². The Hall–Kier alpha value is -2.75. The Balaban J connectivity index is 2.04. The summed E-state index contributed by atoms with van der Waals surface area (Å²) in [5.41, 5.74) is 1.63. The Bertz CT molecular complexity index is 651.